The van der Waals surface area contributed by atoms with Crippen molar-refractivity contribution in [2.75, 3.05) is 0 Å². The summed E-state index contributed by atoms with van der Waals surface area (Å²) in [4.78, 5) is 11.0. The quantitative estimate of drug-likeness (QED) is 0.683. The van der Waals surface area contributed by atoms with E-state index in [0.717, 1.165) is 0 Å². The molecule has 0 spiro atoms. The lowest BCUT2D eigenvalue weighted by atomic mass is 10.2. The molecule has 0 aliphatic rings. The molecule has 13 heavy (non-hydrogen) atoms. The molecule has 0 unspecified atom stereocenters. The van der Waals surface area contributed by atoms with Crippen molar-refractivity contribution in [3.05, 3.63) is 0 Å². The fourth-order valence-corrected chi connectivity index (χ4v) is 1.77. The lowest BCUT2D eigenvalue weighted by molar-refractivity contribution is -0.122. The van der Waals surface area contributed by atoms with Gasteiger partial charge in [-0.2, -0.15) is 13.1 Å². The van der Waals surface area contributed by atoms with Crippen molar-refractivity contribution in [3.63, 3.8) is 0 Å². The van der Waals surface area contributed by atoms with Crippen LogP contribution in [-0.4, -0.2) is 20.4 Å². The van der Waals surface area contributed by atoms with Crippen LogP contribution in [0.15, 0.2) is 0 Å². The first-order chi connectivity index (χ1) is 5.74. The molecular weight excluding hydrogens is 192 g/mol. The van der Waals surface area contributed by atoms with Crippen molar-refractivity contribution < 1.29 is 13.2 Å². The van der Waals surface area contributed by atoms with Gasteiger partial charge in [0.1, 0.15) is 0 Å². The molecule has 0 aliphatic carbocycles. The number of hydrogen-bond acceptors (Lipinski definition) is 3. The predicted molar refractivity (Wildman–Crippen MR) is 50.2 cm³/mol. The van der Waals surface area contributed by atoms with Gasteiger partial charge in [-0.1, -0.05) is 13.8 Å². The standard InChI is InChI=1S/C7H16N2O3S/c1-5(2)7(10)9-13(11,12)8-6(3)4/h5-6,8H,1-4H3,(H,9,10). The number of nitrogens with one attached hydrogen (secondary N) is 2. The minimum atomic E-state index is -3.67. The van der Waals surface area contributed by atoms with Crippen molar-refractivity contribution in [2.24, 2.45) is 5.92 Å². The maximum Gasteiger partial charge on any atom is 0.301 e. The molecule has 0 heterocycles. The zero-order valence-corrected chi connectivity index (χ0v) is 9.10. The Morgan fingerprint density at radius 1 is 1.15 bits per heavy atom. The Morgan fingerprint density at radius 2 is 1.62 bits per heavy atom. The van der Waals surface area contributed by atoms with Gasteiger partial charge in [-0.3, -0.25) is 4.79 Å². The number of amides is 1. The highest BCUT2D eigenvalue weighted by atomic mass is 32.2. The Bertz CT molecular complexity index is 269. The summed E-state index contributed by atoms with van der Waals surface area (Å²) in [6, 6.07) is -0.225. The maximum absolute atomic E-state index is 11.1. The van der Waals surface area contributed by atoms with E-state index >= 15 is 0 Å². The molecule has 0 saturated heterocycles. The van der Waals surface area contributed by atoms with Gasteiger partial charge in [0.15, 0.2) is 0 Å². The summed E-state index contributed by atoms with van der Waals surface area (Å²) in [6.45, 7) is 6.61. The minimum Gasteiger partial charge on any atom is -0.274 e. The summed E-state index contributed by atoms with van der Waals surface area (Å²) in [5, 5.41) is 0. The van der Waals surface area contributed by atoms with E-state index in [1.165, 1.54) is 0 Å². The highest BCUT2D eigenvalue weighted by Crippen LogP contribution is 1.92. The fraction of sp³-hybridized carbons (Fsp3) is 0.857. The minimum absolute atomic E-state index is 0.225. The Kier molecular flexibility index (Phi) is 4.35. The van der Waals surface area contributed by atoms with Gasteiger partial charge in [-0.05, 0) is 13.8 Å². The summed E-state index contributed by atoms with van der Waals surface area (Å²) < 4.78 is 26.4. The number of rotatable bonds is 4. The van der Waals surface area contributed by atoms with E-state index in [1.54, 1.807) is 27.7 Å². The molecule has 1 amide bonds. The van der Waals surface area contributed by atoms with Crippen molar-refractivity contribution in [1.82, 2.24) is 9.44 Å². The molecule has 0 radical (unpaired) electrons. The summed E-state index contributed by atoms with van der Waals surface area (Å²) in [7, 11) is -3.67. The van der Waals surface area contributed by atoms with Crippen LogP contribution in [0.3, 0.4) is 0 Å². The lowest BCUT2D eigenvalue weighted by Crippen LogP contribution is -2.44. The Labute approximate surface area is 79.1 Å². The highest BCUT2D eigenvalue weighted by molar-refractivity contribution is 7.88. The molecule has 0 bridgehead atoms. The molecular formula is C7H16N2O3S. The van der Waals surface area contributed by atoms with Crippen LogP contribution in [0.1, 0.15) is 27.7 Å². The van der Waals surface area contributed by atoms with E-state index < -0.39 is 16.1 Å². The first kappa shape index (κ1) is 12.4. The van der Waals surface area contributed by atoms with Crippen LogP contribution in [0.5, 0.6) is 0 Å². The topological polar surface area (TPSA) is 75.3 Å². The van der Waals surface area contributed by atoms with Gasteiger partial charge < -0.3 is 0 Å². The molecule has 2 N–H and O–H groups in total. The van der Waals surface area contributed by atoms with E-state index in [1.807, 2.05) is 4.72 Å². The van der Waals surface area contributed by atoms with Crippen LogP contribution >= 0.6 is 0 Å². The average molecular weight is 208 g/mol. The summed E-state index contributed by atoms with van der Waals surface area (Å²) >= 11 is 0. The third kappa shape index (κ3) is 5.59. The molecule has 0 saturated carbocycles. The normalized spacial score (nSPS) is 12.2. The SMILES string of the molecule is CC(C)NS(=O)(=O)NC(=O)C(C)C. The van der Waals surface area contributed by atoms with Crippen LogP contribution in [-0.2, 0) is 15.0 Å². The number of hydrogen-bond donors (Lipinski definition) is 2. The molecule has 78 valence electrons. The first-order valence-corrected chi connectivity index (χ1v) is 5.57. The van der Waals surface area contributed by atoms with Crippen molar-refractivity contribution in [3.8, 4) is 0 Å². The van der Waals surface area contributed by atoms with Gasteiger partial charge in [-0.15, -0.1) is 0 Å². The zero-order chi connectivity index (χ0) is 10.6. The van der Waals surface area contributed by atoms with E-state index in [-0.39, 0.29) is 12.0 Å². The average Bonchev–Trinajstić information content (AvgIpc) is 1.81. The van der Waals surface area contributed by atoms with Gasteiger partial charge in [0, 0.05) is 12.0 Å². The van der Waals surface area contributed by atoms with Crippen LogP contribution in [0.4, 0.5) is 0 Å². The molecule has 0 rings (SSSR count). The van der Waals surface area contributed by atoms with Gasteiger partial charge in [0.05, 0.1) is 0 Å². The second-order valence-corrected chi connectivity index (χ2v) is 4.84. The summed E-state index contributed by atoms with van der Waals surface area (Å²) in [5.41, 5.74) is 0. The molecule has 0 fully saturated rings. The molecule has 0 atom stereocenters. The second-order valence-electron chi connectivity index (χ2n) is 3.40. The van der Waals surface area contributed by atoms with E-state index in [2.05, 4.69) is 4.72 Å². The van der Waals surface area contributed by atoms with Crippen molar-refractivity contribution in [1.29, 1.82) is 0 Å². The maximum atomic E-state index is 11.1. The van der Waals surface area contributed by atoms with Gasteiger partial charge in [0.2, 0.25) is 5.91 Å². The Morgan fingerprint density at radius 3 is 1.92 bits per heavy atom. The summed E-state index contributed by atoms with van der Waals surface area (Å²) in [5.74, 6) is -0.850. The first-order valence-electron chi connectivity index (χ1n) is 4.08. The molecule has 0 aromatic rings. The van der Waals surface area contributed by atoms with Crippen molar-refractivity contribution in [2.45, 2.75) is 33.7 Å². The fourth-order valence-electron chi connectivity index (χ4n) is 0.590. The third-order valence-corrected chi connectivity index (χ3v) is 2.40. The smallest absolute Gasteiger partial charge is 0.274 e. The largest absolute Gasteiger partial charge is 0.301 e. The monoisotopic (exact) mass is 208 g/mol. The molecule has 0 aliphatic heterocycles. The third-order valence-electron chi connectivity index (χ3n) is 1.15. The van der Waals surface area contributed by atoms with E-state index in [4.69, 9.17) is 0 Å². The molecule has 0 aromatic carbocycles. The Balaban J connectivity index is 4.27. The van der Waals surface area contributed by atoms with E-state index in [0.29, 0.717) is 0 Å². The van der Waals surface area contributed by atoms with Gasteiger partial charge >= 0.3 is 10.2 Å². The lowest BCUT2D eigenvalue weighted by Gasteiger charge is -2.11. The Hall–Kier alpha value is -0.620. The number of carbonyl (C=O) groups excluding carboxylic acids is 1. The van der Waals surface area contributed by atoms with Crippen LogP contribution in [0.25, 0.3) is 0 Å². The molecule has 5 nitrogen and oxygen atoms in total. The summed E-state index contributed by atoms with van der Waals surface area (Å²) in [6.07, 6.45) is 0. The zero-order valence-electron chi connectivity index (χ0n) is 8.29. The van der Waals surface area contributed by atoms with Gasteiger partial charge in [0.25, 0.3) is 0 Å². The van der Waals surface area contributed by atoms with E-state index in [9.17, 15) is 13.2 Å². The highest BCUT2D eigenvalue weighted by Gasteiger charge is 2.16. The predicted octanol–water partition coefficient (Wildman–Crippen LogP) is 0.00140. The molecule has 6 heteroatoms. The van der Waals surface area contributed by atoms with Crippen LogP contribution in [0.2, 0.25) is 0 Å². The van der Waals surface area contributed by atoms with Crippen molar-refractivity contribution >= 4 is 16.1 Å². The van der Waals surface area contributed by atoms with Gasteiger partial charge in [-0.25, -0.2) is 4.72 Å². The second kappa shape index (κ2) is 4.57. The van der Waals surface area contributed by atoms with Crippen LogP contribution < -0.4 is 9.44 Å². The number of carbonyl (C=O) groups is 1. The van der Waals surface area contributed by atoms with Crippen LogP contribution in [0, 0.1) is 5.92 Å². The molecule has 0 aromatic heterocycles.